The molecule has 0 saturated carbocycles. The van der Waals surface area contributed by atoms with Crippen LogP contribution < -0.4 is 24.8 Å². The minimum absolute atomic E-state index is 0.0573. The summed E-state index contributed by atoms with van der Waals surface area (Å²) in [5, 5.41) is 3.40. The van der Waals surface area contributed by atoms with Gasteiger partial charge in [0.25, 0.3) is 0 Å². The molecule has 5 heterocycles. The van der Waals surface area contributed by atoms with Gasteiger partial charge in [0.1, 0.15) is 29.5 Å². The van der Waals surface area contributed by atoms with Crippen LogP contribution in [0.4, 0.5) is 34.4 Å². The Morgan fingerprint density at radius 1 is 0.927 bits per heavy atom. The van der Waals surface area contributed by atoms with Gasteiger partial charge in [0.2, 0.25) is 5.91 Å². The van der Waals surface area contributed by atoms with E-state index >= 15 is 0 Å². The number of nitrogens with zero attached hydrogens (tertiary/aromatic N) is 8. The lowest BCUT2D eigenvalue weighted by Gasteiger charge is -2.35. The molecule has 0 aliphatic carbocycles. The maximum atomic E-state index is 12.9. The number of aromatic nitrogens is 4. The lowest BCUT2D eigenvalue weighted by molar-refractivity contribution is -0.117. The van der Waals surface area contributed by atoms with E-state index in [9.17, 15) is 4.79 Å². The van der Waals surface area contributed by atoms with Crippen LogP contribution in [0.3, 0.4) is 0 Å². The average Bonchev–Trinajstić information content (AvgIpc) is 2.99. The second-order valence-electron chi connectivity index (χ2n) is 10.3. The number of anilines is 6. The van der Waals surface area contributed by atoms with E-state index in [1.807, 2.05) is 54.3 Å². The summed E-state index contributed by atoms with van der Waals surface area (Å²) < 4.78 is 5.75. The van der Waals surface area contributed by atoms with Gasteiger partial charge in [0.05, 0.1) is 19.0 Å². The Kier molecular flexibility index (Phi) is 7.10. The van der Waals surface area contributed by atoms with E-state index in [4.69, 9.17) is 9.72 Å². The summed E-state index contributed by atoms with van der Waals surface area (Å²) in [4.78, 5) is 39.6. The molecule has 0 unspecified atom stereocenters. The highest BCUT2D eigenvalue weighted by Gasteiger charge is 2.30. The lowest BCUT2D eigenvalue weighted by atomic mass is 10.2. The number of methoxy groups -OCH3 is 1. The molecule has 210 valence electrons. The molecule has 1 aromatic carbocycles. The molecule has 4 aromatic rings. The van der Waals surface area contributed by atoms with Gasteiger partial charge < -0.3 is 29.7 Å². The van der Waals surface area contributed by atoms with Crippen LogP contribution >= 0.6 is 0 Å². The third-order valence-corrected chi connectivity index (χ3v) is 7.50. The Morgan fingerprint density at radius 3 is 2.54 bits per heavy atom. The normalized spacial score (nSPS) is 15.6. The number of amides is 1. The van der Waals surface area contributed by atoms with Crippen LogP contribution in [0.1, 0.15) is 5.69 Å². The molecule has 0 atom stereocenters. The maximum Gasteiger partial charge on any atom is 0.246 e. The SMILES string of the molecule is COc1cc(Nc2cc(N3CC(=O)N(C)c4cnc(-c5cccc(C)n5)nc43)ccn2)ccc1N1CCN(C)CC1. The number of pyridine rings is 2. The predicted molar refractivity (Wildman–Crippen MR) is 161 cm³/mol. The minimum atomic E-state index is -0.0573. The van der Waals surface area contributed by atoms with Crippen LogP contribution in [0.25, 0.3) is 11.5 Å². The smallest absolute Gasteiger partial charge is 0.246 e. The summed E-state index contributed by atoms with van der Waals surface area (Å²) in [6.07, 6.45) is 3.40. The van der Waals surface area contributed by atoms with E-state index in [2.05, 4.69) is 43.2 Å². The zero-order valence-electron chi connectivity index (χ0n) is 23.7. The van der Waals surface area contributed by atoms with Gasteiger partial charge in [-0.3, -0.25) is 4.79 Å². The molecule has 41 heavy (non-hydrogen) atoms. The largest absolute Gasteiger partial charge is 0.495 e. The quantitative estimate of drug-likeness (QED) is 0.380. The van der Waals surface area contributed by atoms with Crippen molar-refractivity contribution in [3.05, 3.63) is 66.6 Å². The van der Waals surface area contributed by atoms with E-state index in [1.54, 1.807) is 31.5 Å². The first-order valence-corrected chi connectivity index (χ1v) is 13.6. The highest BCUT2D eigenvalue weighted by Crippen LogP contribution is 2.38. The molecule has 2 aliphatic rings. The monoisotopic (exact) mass is 551 g/mol. The molecule has 0 spiro atoms. The second-order valence-corrected chi connectivity index (χ2v) is 10.3. The van der Waals surface area contributed by atoms with E-state index in [0.717, 1.165) is 54.7 Å². The first-order valence-electron chi connectivity index (χ1n) is 13.6. The maximum absolute atomic E-state index is 12.9. The van der Waals surface area contributed by atoms with Crippen molar-refractivity contribution in [3.63, 3.8) is 0 Å². The molecule has 11 heteroatoms. The fourth-order valence-corrected chi connectivity index (χ4v) is 5.12. The number of piperazine rings is 1. The molecular formula is C30H33N9O2. The molecule has 1 N–H and O–H groups in total. The fourth-order valence-electron chi connectivity index (χ4n) is 5.12. The van der Waals surface area contributed by atoms with Gasteiger partial charge >= 0.3 is 0 Å². The highest BCUT2D eigenvalue weighted by molar-refractivity contribution is 6.03. The number of ether oxygens (including phenoxy) is 1. The van der Waals surface area contributed by atoms with Crippen LogP contribution in [0.2, 0.25) is 0 Å². The Hall–Kier alpha value is -4.77. The number of hydrogen-bond donors (Lipinski definition) is 1. The van der Waals surface area contributed by atoms with Gasteiger partial charge in [-0.25, -0.2) is 19.9 Å². The van der Waals surface area contributed by atoms with Gasteiger partial charge in [-0.15, -0.1) is 0 Å². The third kappa shape index (κ3) is 5.36. The van der Waals surface area contributed by atoms with E-state index in [1.165, 1.54) is 0 Å². The summed E-state index contributed by atoms with van der Waals surface area (Å²) in [6, 6.07) is 15.6. The van der Waals surface area contributed by atoms with Crippen molar-refractivity contribution < 1.29 is 9.53 Å². The predicted octanol–water partition coefficient (Wildman–Crippen LogP) is 3.86. The van der Waals surface area contributed by atoms with Gasteiger partial charge in [-0.05, 0) is 44.3 Å². The Balaban J connectivity index is 1.29. The number of benzene rings is 1. The molecular weight excluding hydrogens is 518 g/mol. The summed E-state index contributed by atoms with van der Waals surface area (Å²) in [5.74, 6) is 2.52. The number of likely N-dealkylation sites (N-methyl/N-ethyl adjacent to an activating group) is 2. The molecule has 0 bridgehead atoms. The van der Waals surface area contributed by atoms with Crippen LogP contribution in [0, 0.1) is 6.92 Å². The zero-order valence-corrected chi connectivity index (χ0v) is 23.7. The standard InChI is InChI=1S/C30H33N9O2/c1-20-6-5-7-23(33-20)29-32-18-25-30(35-29)39(19-28(40)37(25)3)22-10-11-31-27(17-22)34-21-8-9-24(26(16-21)41-4)38-14-12-36(2)13-15-38/h5-11,16-18H,12-15,19H2,1-4H3,(H,31,34). The average molecular weight is 552 g/mol. The number of fused-ring (bicyclic) bond motifs is 1. The number of carbonyl (C=O) groups excluding carboxylic acids is 1. The van der Waals surface area contributed by atoms with Crippen molar-refractivity contribution in [2.24, 2.45) is 0 Å². The second kappa shape index (κ2) is 11.0. The molecule has 1 saturated heterocycles. The third-order valence-electron chi connectivity index (χ3n) is 7.50. The van der Waals surface area contributed by atoms with E-state index in [-0.39, 0.29) is 12.5 Å². The van der Waals surface area contributed by atoms with Gasteiger partial charge in [-0.2, -0.15) is 0 Å². The Morgan fingerprint density at radius 2 is 1.76 bits per heavy atom. The van der Waals surface area contributed by atoms with Crippen LogP contribution in [0.5, 0.6) is 5.75 Å². The van der Waals surface area contributed by atoms with Crippen molar-refractivity contribution >= 4 is 40.3 Å². The first-order chi connectivity index (χ1) is 19.9. The van der Waals surface area contributed by atoms with Crippen molar-refractivity contribution in [3.8, 4) is 17.3 Å². The van der Waals surface area contributed by atoms with E-state index < -0.39 is 0 Å². The number of rotatable bonds is 6. The molecule has 11 nitrogen and oxygen atoms in total. The number of nitrogens with one attached hydrogen (secondary N) is 1. The van der Waals surface area contributed by atoms with Gasteiger partial charge in [0, 0.05) is 68.6 Å². The van der Waals surface area contributed by atoms with Crippen LogP contribution in [-0.2, 0) is 4.79 Å². The summed E-state index contributed by atoms with van der Waals surface area (Å²) in [5.41, 5.74) is 4.92. The first kappa shape index (κ1) is 26.5. The molecule has 1 amide bonds. The number of carbonyl (C=O) groups is 1. The van der Waals surface area contributed by atoms with Crippen molar-refractivity contribution in [1.29, 1.82) is 0 Å². The molecule has 3 aromatic heterocycles. The van der Waals surface area contributed by atoms with Gasteiger partial charge in [0.15, 0.2) is 11.6 Å². The molecule has 6 rings (SSSR count). The Labute approximate surface area is 239 Å². The number of hydrogen-bond acceptors (Lipinski definition) is 10. The lowest BCUT2D eigenvalue weighted by Crippen LogP contribution is -2.44. The van der Waals surface area contributed by atoms with Crippen molar-refractivity contribution in [2.75, 3.05) is 73.9 Å². The zero-order chi connectivity index (χ0) is 28.5. The Bertz CT molecular complexity index is 1590. The van der Waals surface area contributed by atoms with Crippen LogP contribution in [-0.4, -0.2) is 84.7 Å². The molecule has 2 aliphatic heterocycles. The number of aryl methyl sites for hydroxylation is 1. The minimum Gasteiger partial charge on any atom is -0.495 e. The summed E-state index contributed by atoms with van der Waals surface area (Å²) in [6.45, 7) is 6.02. The van der Waals surface area contributed by atoms with Crippen molar-refractivity contribution in [1.82, 2.24) is 24.8 Å². The van der Waals surface area contributed by atoms with Crippen molar-refractivity contribution in [2.45, 2.75) is 6.92 Å². The topological polar surface area (TPSA) is 103 Å². The van der Waals surface area contributed by atoms with Crippen LogP contribution in [0.15, 0.2) is 60.9 Å². The molecule has 1 fully saturated rings. The summed E-state index contributed by atoms with van der Waals surface area (Å²) >= 11 is 0. The summed E-state index contributed by atoms with van der Waals surface area (Å²) in [7, 11) is 5.58. The highest BCUT2D eigenvalue weighted by atomic mass is 16.5. The molecule has 0 radical (unpaired) electrons. The fraction of sp³-hybridized carbons (Fsp3) is 0.300. The van der Waals surface area contributed by atoms with Gasteiger partial charge in [-0.1, -0.05) is 6.07 Å². The van der Waals surface area contributed by atoms with E-state index in [0.29, 0.717) is 28.8 Å².